The first kappa shape index (κ1) is 20.8. The van der Waals surface area contributed by atoms with Crippen molar-refractivity contribution in [2.24, 2.45) is 5.92 Å². The van der Waals surface area contributed by atoms with Gasteiger partial charge >= 0.3 is 0 Å². The maximum absolute atomic E-state index is 12.8. The zero-order valence-corrected chi connectivity index (χ0v) is 16.8. The Labute approximate surface area is 161 Å². The molecule has 0 saturated heterocycles. The molecule has 0 fully saturated rings. The van der Waals surface area contributed by atoms with Gasteiger partial charge in [-0.25, -0.2) is 8.42 Å². The second-order valence-electron chi connectivity index (χ2n) is 6.90. The van der Waals surface area contributed by atoms with Crippen LogP contribution < -0.4 is 14.8 Å². The molecule has 1 amide bonds. The average Bonchev–Trinajstić information content (AvgIpc) is 2.61. The first-order valence-corrected chi connectivity index (χ1v) is 10.3. The van der Waals surface area contributed by atoms with E-state index in [1.165, 1.54) is 12.1 Å². The van der Waals surface area contributed by atoms with Gasteiger partial charge in [-0.2, -0.15) is 0 Å². The van der Waals surface area contributed by atoms with E-state index >= 15 is 0 Å². The van der Waals surface area contributed by atoms with Crippen molar-refractivity contribution in [3.63, 3.8) is 0 Å². The zero-order valence-electron chi connectivity index (χ0n) is 16.0. The van der Waals surface area contributed by atoms with Crippen LogP contribution in [-0.4, -0.2) is 27.0 Å². The van der Waals surface area contributed by atoms with E-state index in [2.05, 4.69) is 10.0 Å². The Kier molecular flexibility index (Phi) is 6.85. The summed E-state index contributed by atoms with van der Waals surface area (Å²) in [5.74, 6) is 0.450. The summed E-state index contributed by atoms with van der Waals surface area (Å²) in [6.07, 6.45) is -0.0939. The van der Waals surface area contributed by atoms with Crippen LogP contribution in [0.4, 0.5) is 5.69 Å². The third-order valence-corrected chi connectivity index (χ3v) is 4.93. The van der Waals surface area contributed by atoms with E-state index < -0.39 is 10.0 Å². The van der Waals surface area contributed by atoms with Gasteiger partial charge in [0.1, 0.15) is 5.75 Å². The standard InChI is InChI=1S/C20H26N2O4S/c1-14(2)13-21-20(23)16-8-7-9-17(12-16)27(24,25)22-18-10-5-6-11-19(18)26-15(3)4/h5-12,14-15,22H,13H2,1-4H3,(H,21,23). The summed E-state index contributed by atoms with van der Waals surface area (Å²) in [5, 5.41) is 2.78. The number of carbonyl (C=O) groups is 1. The fourth-order valence-electron chi connectivity index (χ4n) is 2.31. The highest BCUT2D eigenvalue weighted by molar-refractivity contribution is 7.92. The van der Waals surface area contributed by atoms with Gasteiger partial charge in [-0.15, -0.1) is 0 Å². The highest BCUT2D eigenvalue weighted by Crippen LogP contribution is 2.27. The summed E-state index contributed by atoms with van der Waals surface area (Å²) in [6.45, 7) is 8.23. The number of sulfonamides is 1. The summed E-state index contributed by atoms with van der Waals surface area (Å²) in [6, 6.07) is 12.8. The second kappa shape index (κ2) is 8.90. The molecule has 2 rings (SSSR count). The molecule has 0 saturated carbocycles. The van der Waals surface area contributed by atoms with E-state index in [4.69, 9.17) is 4.74 Å². The van der Waals surface area contributed by atoms with Crippen molar-refractivity contribution in [1.29, 1.82) is 0 Å². The van der Waals surface area contributed by atoms with E-state index in [0.717, 1.165) is 0 Å². The molecule has 2 N–H and O–H groups in total. The van der Waals surface area contributed by atoms with Crippen molar-refractivity contribution in [3.05, 3.63) is 54.1 Å². The molecule has 0 unspecified atom stereocenters. The molecule has 27 heavy (non-hydrogen) atoms. The summed E-state index contributed by atoms with van der Waals surface area (Å²) in [4.78, 5) is 12.2. The predicted molar refractivity (Wildman–Crippen MR) is 107 cm³/mol. The fraction of sp³-hybridized carbons (Fsp3) is 0.350. The summed E-state index contributed by atoms with van der Waals surface area (Å²) in [7, 11) is -3.87. The molecular weight excluding hydrogens is 364 g/mol. The minimum Gasteiger partial charge on any atom is -0.489 e. The quantitative estimate of drug-likeness (QED) is 0.720. The molecule has 0 aliphatic carbocycles. The van der Waals surface area contributed by atoms with Crippen molar-refractivity contribution in [2.75, 3.05) is 11.3 Å². The van der Waals surface area contributed by atoms with Gasteiger partial charge < -0.3 is 10.1 Å². The van der Waals surface area contributed by atoms with Crippen LogP contribution in [0.5, 0.6) is 5.75 Å². The van der Waals surface area contributed by atoms with E-state index in [9.17, 15) is 13.2 Å². The number of anilines is 1. The van der Waals surface area contributed by atoms with Crippen molar-refractivity contribution >= 4 is 21.6 Å². The maximum atomic E-state index is 12.8. The number of hydrogen-bond donors (Lipinski definition) is 2. The lowest BCUT2D eigenvalue weighted by molar-refractivity contribution is 0.0949. The van der Waals surface area contributed by atoms with Gasteiger partial charge in [0.05, 0.1) is 16.7 Å². The third kappa shape index (κ3) is 5.99. The Hall–Kier alpha value is -2.54. The minimum atomic E-state index is -3.87. The Morgan fingerprint density at radius 3 is 2.41 bits per heavy atom. The minimum absolute atomic E-state index is 0.0130. The summed E-state index contributed by atoms with van der Waals surface area (Å²) in [5.41, 5.74) is 0.645. The van der Waals surface area contributed by atoms with Crippen LogP contribution in [0.15, 0.2) is 53.4 Å². The van der Waals surface area contributed by atoms with Gasteiger partial charge in [-0.05, 0) is 50.1 Å². The number of ether oxygens (including phenoxy) is 1. The molecule has 146 valence electrons. The third-order valence-electron chi connectivity index (χ3n) is 3.57. The Balaban J connectivity index is 2.25. The highest BCUT2D eigenvalue weighted by atomic mass is 32.2. The number of para-hydroxylation sites is 2. The molecule has 6 nitrogen and oxygen atoms in total. The smallest absolute Gasteiger partial charge is 0.262 e. The lowest BCUT2D eigenvalue weighted by atomic mass is 10.2. The highest BCUT2D eigenvalue weighted by Gasteiger charge is 2.18. The predicted octanol–water partition coefficient (Wildman–Crippen LogP) is 3.66. The normalized spacial score (nSPS) is 11.5. The maximum Gasteiger partial charge on any atom is 0.262 e. The van der Waals surface area contributed by atoms with Crippen LogP contribution in [0.25, 0.3) is 0 Å². The lowest BCUT2D eigenvalue weighted by Gasteiger charge is -2.16. The van der Waals surface area contributed by atoms with E-state index in [1.807, 2.05) is 27.7 Å². The Morgan fingerprint density at radius 1 is 1.04 bits per heavy atom. The SMILES string of the molecule is CC(C)CNC(=O)c1cccc(S(=O)(=O)Nc2ccccc2OC(C)C)c1. The largest absolute Gasteiger partial charge is 0.489 e. The van der Waals surface area contributed by atoms with Crippen LogP contribution in [-0.2, 0) is 10.0 Å². The Bertz CT molecular complexity index is 892. The van der Waals surface area contributed by atoms with E-state index in [1.54, 1.807) is 36.4 Å². The fourth-order valence-corrected chi connectivity index (χ4v) is 3.43. The van der Waals surface area contributed by atoms with Crippen molar-refractivity contribution in [1.82, 2.24) is 5.32 Å². The van der Waals surface area contributed by atoms with Crippen LogP contribution in [0.2, 0.25) is 0 Å². The van der Waals surface area contributed by atoms with E-state index in [0.29, 0.717) is 29.5 Å². The van der Waals surface area contributed by atoms with E-state index in [-0.39, 0.29) is 16.9 Å². The van der Waals surface area contributed by atoms with Crippen LogP contribution in [0.1, 0.15) is 38.1 Å². The first-order valence-electron chi connectivity index (χ1n) is 8.86. The van der Waals surface area contributed by atoms with Gasteiger partial charge in [0.15, 0.2) is 0 Å². The first-order chi connectivity index (χ1) is 12.7. The second-order valence-corrected chi connectivity index (χ2v) is 8.58. The number of benzene rings is 2. The van der Waals surface area contributed by atoms with Gasteiger partial charge in [0, 0.05) is 12.1 Å². The van der Waals surface area contributed by atoms with Gasteiger partial charge in [-0.3, -0.25) is 9.52 Å². The van der Waals surface area contributed by atoms with Crippen LogP contribution in [0, 0.1) is 5.92 Å². The zero-order chi connectivity index (χ0) is 20.0. The lowest BCUT2D eigenvalue weighted by Crippen LogP contribution is -2.27. The molecule has 0 spiro atoms. The van der Waals surface area contributed by atoms with Crippen LogP contribution in [0.3, 0.4) is 0 Å². The van der Waals surface area contributed by atoms with Crippen molar-refractivity contribution in [3.8, 4) is 5.75 Å². The molecule has 2 aromatic carbocycles. The molecule has 0 heterocycles. The van der Waals surface area contributed by atoms with Gasteiger partial charge in [-0.1, -0.05) is 32.0 Å². The molecule has 0 bridgehead atoms. The number of nitrogens with one attached hydrogen (secondary N) is 2. The van der Waals surface area contributed by atoms with Gasteiger partial charge in [0.2, 0.25) is 0 Å². The molecule has 0 aliphatic heterocycles. The van der Waals surface area contributed by atoms with Crippen molar-refractivity contribution in [2.45, 2.75) is 38.7 Å². The molecule has 7 heteroatoms. The van der Waals surface area contributed by atoms with Crippen molar-refractivity contribution < 1.29 is 17.9 Å². The number of amides is 1. The molecule has 2 aromatic rings. The monoisotopic (exact) mass is 390 g/mol. The van der Waals surface area contributed by atoms with Gasteiger partial charge in [0.25, 0.3) is 15.9 Å². The molecule has 0 atom stereocenters. The molecular formula is C20H26N2O4S. The molecule has 0 aromatic heterocycles. The summed E-state index contributed by atoms with van der Waals surface area (Å²) < 4.78 is 33.8. The number of rotatable bonds is 8. The number of carbonyl (C=O) groups excluding carboxylic acids is 1. The topological polar surface area (TPSA) is 84.5 Å². The average molecular weight is 391 g/mol. The Morgan fingerprint density at radius 2 is 1.74 bits per heavy atom. The molecule has 0 radical (unpaired) electrons. The molecule has 0 aliphatic rings. The van der Waals surface area contributed by atoms with Crippen LogP contribution >= 0.6 is 0 Å². The summed E-state index contributed by atoms with van der Waals surface area (Å²) >= 11 is 0. The number of hydrogen-bond acceptors (Lipinski definition) is 4.